The monoisotopic (exact) mass is 332 g/mol. The lowest BCUT2D eigenvalue weighted by atomic mass is 10.0. The summed E-state index contributed by atoms with van der Waals surface area (Å²) in [6.45, 7) is 5.62. The minimum Gasteiger partial charge on any atom is -0.444 e. The summed E-state index contributed by atoms with van der Waals surface area (Å²) in [5.74, 6) is 0. The maximum absolute atomic E-state index is 12.1. The van der Waals surface area contributed by atoms with E-state index in [1.807, 2.05) is 30.3 Å². The van der Waals surface area contributed by atoms with Crippen molar-refractivity contribution in [1.29, 1.82) is 0 Å². The van der Waals surface area contributed by atoms with Crippen molar-refractivity contribution in [2.45, 2.75) is 51.5 Å². The van der Waals surface area contributed by atoms with E-state index in [9.17, 15) is 9.90 Å². The van der Waals surface area contributed by atoms with Crippen molar-refractivity contribution in [3.05, 3.63) is 48.3 Å². The maximum Gasteiger partial charge on any atom is 0.407 e. The Morgan fingerprint density at radius 1 is 1.33 bits per heavy atom. The molecule has 24 heavy (non-hydrogen) atoms. The van der Waals surface area contributed by atoms with E-state index in [4.69, 9.17) is 4.74 Å². The standard InChI is InChI=1S/C17H24N4O3/c1-17(2,3)24-16(23)19-14(11-13-7-5-4-6-8-13)15(22)12-21-10-9-18-20-21/h4-10,14-15,22H,11-12H2,1-3H3,(H,19,23)/t14-,15-/m1/s1. The van der Waals surface area contributed by atoms with Gasteiger partial charge in [0.1, 0.15) is 5.60 Å². The lowest BCUT2D eigenvalue weighted by molar-refractivity contribution is 0.0398. The molecule has 2 rings (SSSR count). The Morgan fingerprint density at radius 3 is 2.62 bits per heavy atom. The predicted molar refractivity (Wildman–Crippen MR) is 89.3 cm³/mol. The fraction of sp³-hybridized carbons (Fsp3) is 0.471. The molecule has 0 aliphatic heterocycles. The van der Waals surface area contributed by atoms with E-state index in [1.165, 1.54) is 4.68 Å². The highest BCUT2D eigenvalue weighted by molar-refractivity contribution is 5.68. The number of nitrogens with zero attached hydrogens (tertiary/aromatic N) is 3. The molecule has 1 aromatic carbocycles. The summed E-state index contributed by atoms with van der Waals surface area (Å²) in [7, 11) is 0. The topological polar surface area (TPSA) is 89.3 Å². The van der Waals surface area contributed by atoms with Gasteiger partial charge in [-0.2, -0.15) is 0 Å². The number of carbonyl (C=O) groups excluding carboxylic acids is 1. The molecule has 7 heteroatoms. The van der Waals surface area contributed by atoms with Crippen molar-refractivity contribution >= 4 is 6.09 Å². The summed E-state index contributed by atoms with van der Waals surface area (Å²) >= 11 is 0. The largest absolute Gasteiger partial charge is 0.444 e. The Morgan fingerprint density at radius 2 is 2.04 bits per heavy atom. The molecule has 2 aromatic rings. The Kier molecular flexibility index (Phi) is 5.92. The summed E-state index contributed by atoms with van der Waals surface area (Å²) in [6, 6.07) is 9.16. The van der Waals surface area contributed by atoms with E-state index in [-0.39, 0.29) is 6.54 Å². The zero-order valence-electron chi connectivity index (χ0n) is 14.2. The van der Waals surface area contributed by atoms with Gasteiger partial charge in [0, 0.05) is 6.20 Å². The summed E-state index contributed by atoms with van der Waals surface area (Å²) in [5, 5.41) is 20.9. The van der Waals surface area contributed by atoms with Gasteiger partial charge in [-0.05, 0) is 32.8 Å². The average molecular weight is 332 g/mol. The fourth-order valence-electron chi connectivity index (χ4n) is 2.26. The molecular weight excluding hydrogens is 308 g/mol. The third-order valence-corrected chi connectivity index (χ3v) is 3.31. The van der Waals surface area contributed by atoms with E-state index in [0.29, 0.717) is 6.42 Å². The molecule has 0 fully saturated rings. The van der Waals surface area contributed by atoms with Gasteiger partial charge in [0.25, 0.3) is 0 Å². The van der Waals surface area contributed by atoms with E-state index >= 15 is 0 Å². The number of aliphatic hydroxyl groups is 1. The molecular formula is C17H24N4O3. The number of benzene rings is 1. The van der Waals surface area contributed by atoms with Crippen LogP contribution in [-0.4, -0.2) is 43.9 Å². The van der Waals surface area contributed by atoms with Gasteiger partial charge >= 0.3 is 6.09 Å². The second-order valence-corrected chi connectivity index (χ2v) is 6.63. The Balaban J connectivity index is 2.06. The van der Waals surface area contributed by atoms with E-state index in [2.05, 4.69) is 15.6 Å². The Labute approximate surface area is 141 Å². The van der Waals surface area contributed by atoms with Crippen LogP contribution in [0.4, 0.5) is 4.79 Å². The molecule has 0 radical (unpaired) electrons. The summed E-state index contributed by atoms with van der Waals surface area (Å²) in [4.78, 5) is 12.1. The normalized spacial score (nSPS) is 14.0. The lowest BCUT2D eigenvalue weighted by Crippen LogP contribution is -2.48. The number of amides is 1. The number of alkyl carbamates (subject to hydrolysis) is 1. The first-order valence-electron chi connectivity index (χ1n) is 7.89. The lowest BCUT2D eigenvalue weighted by Gasteiger charge is -2.26. The van der Waals surface area contributed by atoms with Crippen LogP contribution in [0.15, 0.2) is 42.7 Å². The van der Waals surface area contributed by atoms with Crippen LogP contribution in [0.25, 0.3) is 0 Å². The summed E-state index contributed by atoms with van der Waals surface area (Å²) in [5.41, 5.74) is 0.411. The predicted octanol–water partition coefficient (Wildman–Crippen LogP) is 1.77. The highest BCUT2D eigenvalue weighted by Crippen LogP contribution is 2.11. The molecule has 0 aliphatic carbocycles. The Bertz CT molecular complexity index is 623. The molecule has 7 nitrogen and oxygen atoms in total. The average Bonchev–Trinajstić information content (AvgIpc) is 2.98. The number of ether oxygens (including phenoxy) is 1. The zero-order valence-corrected chi connectivity index (χ0v) is 14.2. The number of hydrogen-bond donors (Lipinski definition) is 2. The van der Waals surface area contributed by atoms with Gasteiger partial charge in [-0.25, -0.2) is 9.48 Å². The van der Waals surface area contributed by atoms with E-state index in [0.717, 1.165) is 5.56 Å². The third-order valence-electron chi connectivity index (χ3n) is 3.31. The van der Waals surface area contributed by atoms with Crippen LogP contribution in [0.5, 0.6) is 0 Å². The van der Waals surface area contributed by atoms with E-state index < -0.39 is 23.8 Å². The first kappa shape index (κ1) is 17.9. The highest BCUT2D eigenvalue weighted by atomic mass is 16.6. The molecule has 0 spiro atoms. The smallest absolute Gasteiger partial charge is 0.407 e. The SMILES string of the molecule is CC(C)(C)OC(=O)N[C@H](Cc1ccccc1)[C@H](O)Cn1ccnn1. The van der Waals surface area contributed by atoms with Gasteiger partial charge in [-0.3, -0.25) is 0 Å². The molecule has 1 aromatic heterocycles. The third kappa shape index (κ3) is 6.00. The van der Waals surface area contributed by atoms with Crippen LogP contribution in [0, 0.1) is 0 Å². The first-order chi connectivity index (χ1) is 11.3. The number of carbonyl (C=O) groups is 1. The Hall–Kier alpha value is -2.41. The van der Waals surface area contributed by atoms with Crippen molar-refractivity contribution in [3.8, 4) is 0 Å². The quantitative estimate of drug-likeness (QED) is 0.841. The zero-order chi connectivity index (χ0) is 17.6. The van der Waals surface area contributed by atoms with Crippen LogP contribution in [0.3, 0.4) is 0 Å². The molecule has 130 valence electrons. The van der Waals surface area contributed by atoms with Crippen LogP contribution in [-0.2, 0) is 17.7 Å². The maximum atomic E-state index is 12.1. The van der Waals surface area contributed by atoms with Crippen LogP contribution < -0.4 is 5.32 Å². The van der Waals surface area contributed by atoms with Crippen molar-refractivity contribution < 1.29 is 14.6 Å². The molecule has 2 atom stereocenters. The number of rotatable bonds is 6. The first-order valence-corrected chi connectivity index (χ1v) is 7.89. The molecule has 0 saturated heterocycles. The molecule has 1 heterocycles. The molecule has 0 saturated carbocycles. The van der Waals surface area contributed by atoms with Crippen molar-refractivity contribution in [2.24, 2.45) is 0 Å². The van der Waals surface area contributed by atoms with Crippen molar-refractivity contribution in [1.82, 2.24) is 20.3 Å². The molecule has 1 amide bonds. The minimum atomic E-state index is -0.834. The van der Waals surface area contributed by atoms with Gasteiger partial charge in [0.15, 0.2) is 0 Å². The fourth-order valence-corrected chi connectivity index (χ4v) is 2.26. The second kappa shape index (κ2) is 7.92. The second-order valence-electron chi connectivity index (χ2n) is 6.63. The number of hydrogen-bond acceptors (Lipinski definition) is 5. The molecule has 2 N–H and O–H groups in total. The van der Waals surface area contributed by atoms with Crippen molar-refractivity contribution in [2.75, 3.05) is 0 Å². The molecule has 0 unspecified atom stereocenters. The van der Waals surface area contributed by atoms with Crippen molar-refractivity contribution in [3.63, 3.8) is 0 Å². The minimum absolute atomic E-state index is 0.229. The van der Waals surface area contributed by atoms with Crippen LogP contribution in [0.2, 0.25) is 0 Å². The van der Waals surface area contributed by atoms with Gasteiger partial charge in [0.05, 0.1) is 24.9 Å². The summed E-state index contributed by atoms with van der Waals surface area (Å²) < 4.78 is 6.82. The van der Waals surface area contributed by atoms with Gasteiger partial charge in [-0.1, -0.05) is 35.5 Å². The molecule has 0 aliphatic rings. The van der Waals surface area contributed by atoms with E-state index in [1.54, 1.807) is 33.2 Å². The number of aromatic nitrogens is 3. The van der Waals surface area contributed by atoms with Gasteiger partial charge in [0.2, 0.25) is 0 Å². The highest BCUT2D eigenvalue weighted by Gasteiger charge is 2.25. The van der Waals surface area contributed by atoms with Gasteiger partial charge < -0.3 is 15.2 Å². The van der Waals surface area contributed by atoms with Crippen LogP contribution >= 0.6 is 0 Å². The molecule has 0 bridgehead atoms. The van der Waals surface area contributed by atoms with Gasteiger partial charge in [-0.15, -0.1) is 5.10 Å². The van der Waals surface area contributed by atoms with Crippen LogP contribution in [0.1, 0.15) is 26.3 Å². The number of nitrogens with one attached hydrogen (secondary N) is 1. The summed E-state index contributed by atoms with van der Waals surface area (Å²) in [6.07, 6.45) is 2.30. The number of aliphatic hydroxyl groups excluding tert-OH is 1.